The molecular weight excluding hydrogens is 330 g/mol. The van der Waals surface area contributed by atoms with Crippen molar-refractivity contribution in [1.82, 2.24) is 5.32 Å². The van der Waals surface area contributed by atoms with Gasteiger partial charge < -0.3 is 20.3 Å². The molecule has 1 aliphatic rings. The van der Waals surface area contributed by atoms with E-state index in [4.69, 9.17) is 4.74 Å². The lowest BCUT2D eigenvalue weighted by Gasteiger charge is -2.27. The minimum Gasteiger partial charge on any atom is -0.381 e. The number of carbonyl (C=O) groups excluding carboxylic acids is 2. The number of nitrogens with zero attached hydrogens (tertiary/aromatic N) is 1. The first-order valence-electron chi connectivity index (χ1n) is 9.48. The molecule has 6 nitrogen and oxygen atoms in total. The summed E-state index contributed by atoms with van der Waals surface area (Å²) >= 11 is 0. The van der Waals surface area contributed by atoms with Crippen LogP contribution in [0.1, 0.15) is 40.5 Å². The van der Waals surface area contributed by atoms with Crippen molar-refractivity contribution in [1.29, 1.82) is 0 Å². The van der Waals surface area contributed by atoms with Crippen molar-refractivity contribution in [3.05, 3.63) is 24.3 Å². The zero-order valence-corrected chi connectivity index (χ0v) is 16.2. The standard InChI is InChI=1S/C20H31N3O3/c1-5-23(14(2)3)18-8-6-17(7-9-18)22-19(24)15(4)21-20(25)16-10-12-26-13-11-16/h6-9,14-16H,5,10-13H2,1-4H3,(H,21,25)(H,22,24). The van der Waals surface area contributed by atoms with Gasteiger partial charge in [-0.25, -0.2) is 0 Å². The molecule has 0 aromatic heterocycles. The van der Waals surface area contributed by atoms with E-state index in [1.807, 2.05) is 24.3 Å². The van der Waals surface area contributed by atoms with Gasteiger partial charge in [0.1, 0.15) is 6.04 Å². The minimum absolute atomic E-state index is 0.0608. The van der Waals surface area contributed by atoms with Crippen LogP contribution < -0.4 is 15.5 Å². The summed E-state index contributed by atoms with van der Waals surface area (Å²) in [4.78, 5) is 26.9. The maximum absolute atomic E-state index is 12.4. The van der Waals surface area contributed by atoms with Crippen LogP contribution in [0.2, 0.25) is 0 Å². The third-order valence-electron chi connectivity index (χ3n) is 4.77. The highest BCUT2D eigenvalue weighted by molar-refractivity contribution is 5.97. The highest BCUT2D eigenvalue weighted by Crippen LogP contribution is 2.20. The zero-order valence-electron chi connectivity index (χ0n) is 16.2. The average molecular weight is 361 g/mol. The lowest BCUT2D eigenvalue weighted by molar-refractivity contribution is -0.131. The number of ether oxygens (including phenoxy) is 1. The van der Waals surface area contributed by atoms with Crippen LogP contribution in [0.5, 0.6) is 0 Å². The van der Waals surface area contributed by atoms with Crippen LogP contribution >= 0.6 is 0 Å². The molecule has 0 spiro atoms. The highest BCUT2D eigenvalue weighted by Gasteiger charge is 2.24. The first-order valence-corrected chi connectivity index (χ1v) is 9.48. The molecule has 26 heavy (non-hydrogen) atoms. The largest absolute Gasteiger partial charge is 0.381 e. The van der Waals surface area contributed by atoms with Crippen LogP contribution in [-0.2, 0) is 14.3 Å². The van der Waals surface area contributed by atoms with E-state index in [0.29, 0.717) is 32.1 Å². The van der Waals surface area contributed by atoms with Gasteiger partial charge in [0.15, 0.2) is 0 Å². The summed E-state index contributed by atoms with van der Waals surface area (Å²) in [5.41, 5.74) is 1.85. The predicted octanol–water partition coefficient (Wildman–Crippen LogP) is 2.79. The van der Waals surface area contributed by atoms with Crippen LogP contribution in [0.3, 0.4) is 0 Å². The van der Waals surface area contributed by atoms with Crippen molar-refractivity contribution in [3.8, 4) is 0 Å². The number of nitrogens with one attached hydrogen (secondary N) is 2. The zero-order chi connectivity index (χ0) is 19.1. The Balaban J connectivity index is 1.88. The first kappa shape index (κ1) is 20.2. The van der Waals surface area contributed by atoms with Crippen molar-refractivity contribution in [2.24, 2.45) is 5.92 Å². The predicted molar refractivity (Wildman–Crippen MR) is 104 cm³/mol. The van der Waals surface area contributed by atoms with Gasteiger partial charge in [-0.3, -0.25) is 9.59 Å². The summed E-state index contributed by atoms with van der Waals surface area (Å²) < 4.78 is 5.27. The molecule has 2 amide bonds. The fourth-order valence-corrected chi connectivity index (χ4v) is 3.19. The van der Waals surface area contributed by atoms with E-state index < -0.39 is 6.04 Å². The maximum atomic E-state index is 12.4. The topological polar surface area (TPSA) is 70.7 Å². The number of rotatable bonds is 7. The van der Waals surface area contributed by atoms with Crippen molar-refractivity contribution < 1.29 is 14.3 Å². The lowest BCUT2D eigenvalue weighted by atomic mass is 9.99. The van der Waals surface area contributed by atoms with Crippen molar-refractivity contribution in [2.75, 3.05) is 30.0 Å². The molecular formula is C20H31N3O3. The molecule has 2 N–H and O–H groups in total. The van der Waals surface area contributed by atoms with Crippen molar-refractivity contribution >= 4 is 23.2 Å². The summed E-state index contributed by atoms with van der Waals surface area (Å²) in [6.07, 6.45) is 1.43. The molecule has 1 aromatic rings. The molecule has 0 radical (unpaired) electrons. The van der Waals surface area contributed by atoms with Crippen LogP contribution in [-0.4, -0.2) is 43.7 Å². The van der Waals surface area contributed by atoms with Gasteiger partial charge in [0.2, 0.25) is 11.8 Å². The Morgan fingerprint density at radius 3 is 2.31 bits per heavy atom. The van der Waals surface area contributed by atoms with E-state index in [9.17, 15) is 9.59 Å². The Morgan fingerprint density at radius 1 is 1.15 bits per heavy atom. The Kier molecular flexibility index (Phi) is 7.45. The second-order valence-electron chi connectivity index (χ2n) is 7.03. The molecule has 1 aliphatic heterocycles. The molecule has 0 aliphatic carbocycles. The SMILES string of the molecule is CCN(c1ccc(NC(=O)C(C)NC(=O)C2CCOCC2)cc1)C(C)C. The second-order valence-corrected chi connectivity index (χ2v) is 7.03. The number of anilines is 2. The number of carbonyl (C=O) groups is 2. The summed E-state index contributed by atoms with van der Waals surface area (Å²) in [5, 5.41) is 5.68. The van der Waals surface area contributed by atoms with Gasteiger partial charge in [0, 0.05) is 43.1 Å². The van der Waals surface area contributed by atoms with Gasteiger partial charge >= 0.3 is 0 Å². The number of amides is 2. The van der Waals surface area contributed by atoms with Gasteiger partial charge in [0.05, 0.1) is 0 Å². The summed E-state index contributed by atoms with van der Waals surface area (Å²) in [7, 11) is 0. The lowest BCUT2D eigenvalue weighted by Crippen LogP contribution is -2.45. The molecule has 0 bridgehead atoms. The fraction of sp³-hybridized carbons (Fsp3) is 0.600. The number of hydrogen-bond acceptors (Lipinski definition) is 4. The van der Waals surface area contributed by atoms with Gasteiger partial charge in [-0.1, -0.05) is 0 Å². The van der Waals surface area contributed by atoms with Gasteiger partial charge in [0.25, 0.3) is 0 Å². The summed E-state index contributed by atoms with van der Waals surface area (Å²) in [6.45, 7) is 10.3. The highest BCUT2D eigenvalue weighted by atomic mass is 16.5. The monoisotopic (exact) mass is 361 g/mol. The van der Waals surface area contributed by atoms with Gasteiger partial charge in [-0.05, 0) is 64.8 Å². The molecule has 1 aromatic carbocycles. The average Bonchev–Trinajstić information content (AvgIpc) is 2.64. The van der Waals surface area contributed by atoms with Gasteiger partial charge in [-0.15, -0.1) is 0 Å². The molecule has 1 heterocycles. The molecule has 1 unspecified atom stereocenters. The molecule has 1 fully saturated rings. The van der Waals surface area contributed by atoms with E-state index in [2.05, 4.69) is 36.3 Å². The Bertz CT molecular complexity index is 595. The van der Waals surface area contributed by atoms with E-state index in [0.717, 1.165) is 17.9 Å². The third kappa shape index (κ3) is 5.46. The Labute approximate surface area is 156 Å². The Morgan fingerprint density at radius 2 is 1.77 bits per heavy atom. The minimum atomic E-state index is -0.576. The number of benzene rings is 1. The van der Waals surface area contributed by atoms with Crippen LogP contribution in [0.25, 0.3) is 0 Å². The van der Waals surface area contributed by atoms with Crippen LogP contribution in [0, 0.1) is 5.92 Å². The molecule has 2 rings (SSSR count). The molecule has 144 valence electrons. The van der Waals surface area contributed by atoms with E-state index >= 15 is 0 Å². The Hall–Kier alpha value is -2.08. The first-order chi connectivity index (χ1) is 12.4. The smallest absolute Gasteiger partial charge is 0.246 e. The van der Waals surface area contributed by atoms with Crippen molar-refractivity contribution in [2.45, 2.75) is 52.6 Å². The van der Waals surface area contributed by atoms with E-state index in [-0.39, 0.29) is 17.7 Å². The fourth-order valence-electron chi connectivity index (χ4n) is 3.19. The molecule has 6 heteroatoms. The quantitative estimate of drug-likeness (QED) is 0.783. The van der Waals surface area contributed by atoms with Crippen LogP contribution in [0.15, 0.2) is 24.3 Å². The molecule has 1 saturated heterocycles. The molecule has 1 atom stereocenters. The second kappa shape index (κ2) is 9.57. The van der Waals surface area contributed by atoms with E-state index in [1.165, 1.54) is 0 Å². The van der Waals surface area contributed by atoms with Crippen molar-refractivity contribution in [3.63, 3.8) is 0 Å². The van der Waals surface area contributed by atoms with Crippen LogP contribution in [0.4, 0.5) is 11.4 Å². The third-order valence-corrected chi connectivity index (χ3v) is 4.77. The number of hydrogen-bond donors (Lipinski definition) is 2. The molecule has 0 saturated carbocycles. The summed E-state index contributed by atoms with van der Waals surface area (Å²) in [5.74, 6) is -0.342. The summed E-state index contributed by atoms with van der Waals surface area (Å²) in [6, 6.07) is 7.64. The van der Waals surface area contributed by atoms with E-state index in [1.54, 1.807) is 6.92 Å². The van der Waals surface area contributed by atoms with Gasteiger partial charge in [-0.2, -0.15) is 0 Å². The normalized spacial score (nSPS) is 16.2. The maximum Gasteiger partial charge on any atom is 0.246 e.